The molecule has 31 saturated heterocycles. The van der Waals surface area contributed by atoms with Crippen molar-refractivity contribution >= 4 is 0 Å². The summed E-state index contributed by atoms with van der Waals surface area (Å²) >= 11 is 0. The van der Waals surface area contributed by atoms with Gasteiger partial charge < -0.3 is 223 Å². The molecule has 45 heteroatoms. The van der Waals surface area contributed by atoms with Crippen molar-refractivity contribution in [1.82, 2.24) is 0 Å². The Bertz CT molecular complexity index is 2450. The van der Waals surface area contributed by atoms with E-state index in [9.17, 15) is 138 Å². The van der Waals surface area contributed by atoms with Crippen molar-refractivity contribution in [2.45, 2.75) is 276 Å². The van der Waals surface area contributed by atoms with Crippen molar-refractivity contribution in [3.63, 3.8) is 0 Å². The van der Waals surface area contributed by atoms with Crippen molar-refractivity contribution in [3.8, 4) is 0 Å². The summed E-state index contributed by atoms with van der Waals surface area (Å²) in [5, 5.41) is 300. The molecular weight excluding hydrogens is 1370 g/mol. The second-order valence-electron chi connectivity index (χ2n) is 25.3. The number of aliphatic hydroxyl groups is 27. The van der Waals surface area contributed by atoms with Crippen LogP contribution in [-0.4, -0.2) is 474 Å². The van der Waals surface area contributed by atoms with Crippen LogP contribution in [0, 0.1) is 0 Å². The number of rotatable bonds is 11. The molecule has 31 aliphatic rings. The van der Waals surface area contributed by atoms with Crippen LogP contribution < -0.4 is 0 Å². The summed E-state index contributed by atoms with van der Waals surface area (Å²) in [6.45, 7) is -9.86. The fourth-order valence-electron chi connectivity index (χ4n) is 13.3. The molecule has 31 fully saturated rings. The lowest BCUT2D eigenvalue weighted by Gasteiger charge is -2.50. The first kappa shape index (κ1) is 79.8. The van der Waals surface area contributed by atoms with Crippen LogP contribution in [0.5, 0.6) is 0 Å². The minimum absolute atomic E-state index is 0.941. The molecular formula is C54H90O45. The van der Waals surface area contributed by atoms with Crippen LogP contribution in [0.1, 0.15) is 0 Å². The SMILES string of the molecule is OC[C@H]1O[C@H](OC[C@H]2O[C@@H]3O[C@H]4[C@H](O)[C@@H](O)[C@@H](O[C@H]5[C@H](O)[C@@H](O)[C@@H](O[C@H]6[C@H](O)[C@@H](O)[C@@H](O[C@H]7[C@H](O)[C@@H](O)[C@@H](O[C@H]8[C@H](O)[C@@H](O)[C@@H](O[C@H]9[C@H](O)[C@@H](O)[C@@H](O[C@H]%10[C@H](O)[C@@H](O)[C@@H](O[C@H]2[C@H](O)[C@H]3O)O[C@@H]%10CO)O[C@@H]9CO)O[C@@H]8CO)O[C@@H]7CO)O[C@@H]6CO)O[C@@H]5CO)O[C@@H]4CO)[C@@H](O)[C@@H](O)[C@@H]1O. The predicted molar refractivity (Wildman–Crippen MR) is 294 cm³/mol. The van der Waals surface area contributed by atoms with Gasteiger partial charge in [-0.2, -0.15) is 0 Å². The smallest absolute Gasteiger partial charge is 0.187 e. The normalized spacial score (nSPS) is 55.2. The Morgan fingerprint density at radius 2 is 0.333 bits per heavy atom. The molecule has 99 heavy (non-hydrogen) atoms. The van der Waals surface area contributed by atoms with E-state index in [2.05, 4.69) is 0 Å². The molecule has 0 aliphatic carbocycles. The molecule has 0 aromatic carbocycles. The van der Waals surface area contributed by atoms with E-state index < -0.39 is 336 Å². The highest BCUT2D eigenvalue weighted by atomic mass is 16.8. The average Bonchev–Trinajstić information content (AvgIpc) is 0.777. The number of hydrogen-bond acceptors (Lipinski definition) is 45. The van der Waals surface area contributed by atoms with E-state index in [1.54, 1.807) is 0 Å². The number of hydrogen-bond donors (Lipinski definition) is 27. The third-order valence-corrected chi connectivity index (χ3v) is 19.0. The molecule has 27 N–H and O–H groups in total. The Morgan fingerprint density at radius 3 is 0.515 bits per heavy atom. The van der Waals surface area contributed by atoms with Crippen LogP contribution in [0.4, 0.5) is 0 Å². The summed E-state index contributed by atoms with van der Waals surface area (Å²) in [7, 11) is 0. The monoisotopic (exact) mass is 1460 g/mol. The highest BCUT2D eigenvalue weighted by Gasteiger charge is 2.61. The first-order valence-corrected chi connectivity index (χ1v) is 31.6. The van der Waals surface area contributed by atoms with E-state index in [0.717, 1.165) is 0 Å². The van der Waals surface area contributed by atoms with Crippen LogP contribution in [0.3, 0.4) is 0 Å². The lowest BCUT2D eigenvalue weighted by molar-refractivity contribution is -0.405. The molecule has 0 aromatic heterocycles. The second kappa shape index (κ2) is 34.0. The van der Waals surface area contributed by atoms with Crippen LogP contribution in [0.25, 0.3) is 0 Å². The second-order valence-corrected chi connectivity index (χ2v) is 25.3. The molecule has 576 valence electrons. The van der Waals surface area contributed by atoms with Crippen LogP contribution >= 0.6 is 0 Å². The van der Waals surface area contributed by atoms with Crippen molar-refractivity contribution in [3.05, 3.63) is 0 Å². The number of aliphatic hydroxyl groups excluding tert-OH is 27. The van der Waals surface area contributed by atoms with Crippen molar-refractivity contribution in [2.24, 2.45) is 0 Å². The van der Waals surface area contributed by atoms with Crippen molar-refractivity contribution < 1.29 is 223 Å². The minimum atomic E-state index is -2.40. The quantitative estimate of drug-likeness (QED) is 0.0913. The predicted octanol–water partition coefficient (Wildman–Crippen LogP) is -19.6. The highest BCUT2D eigenvalue weighted by Crippen LogP contribution is 2.40. The van der Waals surface area contributed by atoms with E-state index in [-0.39, 0.29) is 0 Å². The van der Waals surface area contributed by atoms with Gasteiger partial charge in [-0.25, -0.2) is 0 Å². The van der Waals surface area contributed by atoms with Gasteiger partial charge in [-0.15, -0.1) is 0 Å². The summed E-state index contributed by atoms with van der Waals surface area (Å²) in [5.41, 5.74) is 0. The third-order valence-electron chi connectivity index (χ3n) is 19.0. The summed E-state index contributed by atoms with van der Waals surface area (Å²) < 4.78 is 103. The van der Waals surface area contributed by atoms with E-state index >= 15 is 0 Å². The zero-order chi connectivity index (χ0) is 72.1. The third kappa shape index (κ3) is 16.0. The molecule has 0 unspecified atom stereocenters. The Balaban J connectivity index is 0.934. The fraction of sp³-hybridized carbons (Fsp3) is 1.00. The molecule has 45 nitrogen and oxygen atoms in total. The Hall–Kier alpha value is -1.80. The summed E-state index contributed by atoms with van der Waals surface area (Å²) in [4.78, 5) is 0. The van der Waals surface area contributed by atoms with Crippen LogP contribution in [-0.2, 0) is 85.3 Å². The van der Waals surface area contributed by atoms with Gasteiger partial charge in [-0.3, -0.25) is 0 Å². The molecule has 31 heterocycles. The van der Waals surface area contributed by atoms with Crippen molar-refractivity contribution in [1.29, 1.82) is 0 Å². The first-order chi connectivity index (χ1) is 47.1. The molecule has 0 saturated carbocycles. The molecule has 0 aromatic rings. The minimum Gasteiger partial charge on any atom is -0.394 e. The van der Waals surface area contributed by atoms with Gasteiger partial charge in [-0.1, -0.05) is 0 Å². The average molecular weight is 1460 g/mol. The largest absolute Gasteiger partial charge is 0.394 e. The van der Waals surface area contributed by atoms with E-state index in [0.29, 0.717) is 0 Å². The summed E-state index contributed by atoms with van der Waals surface area (Å²) in [6.07, 6.45) is -94.5. The topological polar surface area (TPSA) is 712 Å². The number of ether oxygens (including phenoxy) is 18. The molecule has 45 atom stereocenters. The zero-order valence-corrected chi connectivity index (χ0v) is 51.8. The van der Waals surface area contributed by atoms with E-state index in [1.807, 2.05) is 0 Å². The molecule has 0 spiro atoms. The standard InChI is InChI=1S/C54H90O45/c55-1-10-19(63)20(64)29(73)46(83-10)82-9-18-45-28(72)37(81)54(91-18)98-44-17(8-62)89-52(35(79)26(44)70)96-42-15(6-60)87-50(33(77)24(42)68)94-40-13(4-58)85-48(31(75)22(40)66)92-38-11(2-56)84-47(30(74)21(38)65)93-39-12(3-57)86-49(32(76)23(39)67)95-41-14(5-59)88-51(34(78)25(41)69)97-43-16(7-61)90-53(99-45)36(80)27(43)71/h10-81H,1-9H2/t10-,11-,12-,13-,14-,15-,16-,17-,18-,19-,20+,21-,22-,23-,24-,25-,26-,27-,28-,29+,30-,31-,32-,33-,34-,35-,36-,37-,38-,39-,40-,41-,42-,43-,44-,45-,46+,47-,48-,49-,50-,51-,52-,53-,54-/m1/s1. The van der Waals surface area contributed by atoms with Gasteiger partial charge in [-0.05, 0) is 0 Å². The van der Waals surface area contributed by atoms with Gasteiger partial charge in [0.25, 0.3) is 0 Å². The Kier molecular flexibility index (Phi) is 27.4. The summed E-state index contributed by atoms with van der Waals surface area (Å²) in [5.74, 6) is 0. The van der Waals surface area contributed by atoms with E-state index in [4.69, 9.17) is 85.3 Å². The molecule has 31 rings (SSSR count). The fourth-order valence-corrected chi connectivity index (χ4v) is 13.3. The maximum absolute atomic E-state index is 11.9. The summed E-state index contributed by atoms with van der Waals surface area (Å²) in [6, 6.07) is 0. The molecule has 16 bridgehead atoms. The van der Waals surface area contributed by atoms with Crippen LogP contribution in [0.2, 0.25) is 0 Å². The van der Waals surface area contributed by atoms with E-state index in [1.165, 1.54) is 0 Å². The Morgan fingerprint density at radius 1 is 0.162 bits per heavy atom. The lowest BCUT2D eigenvalue weighted by Crippen LogP contribution is -2.69. The van der Waals surface area contributed by atoms with Gasteiger partial charge in [0.05, 0.1) is 59.5 Å². The van der Waals surface area contributed by atoms with Gasteiger partial charge in [0.2, 0.25) is 0 Å². The molecule has 31 aliphatic heterocycles. The van der Waals surface area contributed by atoms with Gasteiger partial charge in [0, 0.05) is 0 Å². The van der Waals surface area contributed by atoms with Gasteiger partial charge >= 0.3 is 0 Å². The highest BCUT2D eigenvalue weighted by molar-refractivity contribution is 5.03. The molecule has 0 radical (unpaired) electrons. The maximum Gasteiger partial charge on any atom is 0.187 e. The Labute approximate surface area is 558 Å². The molecule has 0 amide bonds. The lowest BCUT2D eigenvalue weighted by atomic mass is 9.94. The first-order valence-electron chi connectivity index (χ1n) is 31.6. The van der Waals surface area contributed by atoms with Crippen molar-refractivity contribution in [2.75, 3.05) is 59.5 Å². The van der Waals surface area contributed by atoms with Crippen LogP contribution in [0.15, 0.2) is 0 Å². The van der Waals surface area contributed by atoms with Gasteiger partial charge in [0.15, 0.2) is 56.6 Å². The zero-order valence-electron chi connectivity index (χ0n) is 51.8. The van der Waals surface area contributed by atoms with Gasteiger partial charge in [0.1, 0.15) is 220 Å². The maximum atomic E-state index is 11.9.